The third kappa shape index (κ3) is 2.37. The number of nitrogens with zero attached hydrogens (tertiary/aromatic N) is 2. The summed E-state index contributed by atoms with van der Waals surface area (Å²) in [6, 6.07) is 3.93. The average Bonchev–Trinajstić information content (AvgIpc) is 2.82. The number of hydrogen-bond acceptors (Lipinski definition) is 4. The highest BCUT2D eigenvalue weighted by atomic mass is 32.1. The number of aromatic nitrogens is 3. The number of H-pyrrole nitrogens is 1. The third-order valence-electron chi connectivity index (χ3n) is 2.04. The standard InChI is InChI=1S/C9H9N3O2S2/c13-8(14)5-12-7(10-11-9(12)15)4-6-2-1-3-16-6/h1-3H,4-5H2,(H,11,15)(H,13,14). The number of aliphatic carboxylic acids is 1. The molecule has 84 valence electrons. The summed E-state index contributed by atoms with van der Waals surface area (Å²) in [5.41, 5.74) is 0. The molecular weight excluding hydrogens is 246 g/mol. The van der Waals surface area contributed by atoms with Gasteiger partial charge in [-0.05, 0) is 23.7 Å². The summed E-state index contributed by atoms with van der Waals surface area (Å²) in [5, 5.41) is 17.4. The lowest BCUT2D eigenvalue weighted by Crippen LogP contribution is -2.12. The molecule has 16 heavy (non-hydrogen) atoms. The van der Waals surface area contributed by atoms with Crippen molar-refractivity contribution in [3.05, 3.63) is 33.0 Å². The van der Waals surface area contributed by atoms with Gasteiger partial charge in [0, 0.05) is 11.3 Å². The van der Waals surface area contributed by atoms with Gasteiger partial charge in [-0.1, -0.05) is 6.07 Å². The number of rotatable bonds is 4. The number of carboxylic acid groups (broad SMARTS) is 1. The fraction of sp³-hybridized carbons (Fsp3) is 0.222. The summed E-state index contributed by atoms with van der Waals surface area (Å²) in [6.07, 6.45) is 0.595. The van der Waals surface area contributed by atoms with Gasteiger partial charge in [0.25, 0.3) is 0 Å². The fourth-order valence-electron chi connectivity index (χ4n) is 1.35. The van der Waals surface area contributed by atoms with Crippen molar-refractivity contribution in [2.45, 2.75) is 13.0 Å². The lowest BCUT2D eigenvalue weighted by molar-refractivity contribution is -0.137. The van der Waals surface area contributed by atoms with E-state index in [0.29, 0.717) is 17.0 Å². The fourth-order valence-corrected chi connectivity index (χ4v) is 2.27. The van der Waals surface area contributed by atoms with Crippen molar-refractivity contribution in [3.63, 3.8) is 0 Å². The van der Waals surface area contributed by atoms with Crippen molar-refractivity contribution in [2.75, 3.05) is 0 Å². The predicted octanol–water partition coefficient (Wildman–Crippen LogP) is 1.68. The Morgan fingerprint density at radius 2 is 2.50 bits per heavy atom. The van der Waals surface area contributed by atoms with Gasteiger partial charge in [-0.2, -0.15) is 5.10 Å². The van der Waals surface area contributed by atoms with Crippen LogP contribution in [-0.2, 0) is 17.8 Å². The van der Waals surface area contributed by atoms with E-state index in [-0.39, 0.29) is 6.54 Å². The smallest absolute Gasteiger partial charge is 0.323 e. The van der Waals surface area contributed by atoms with Gasteiger partial charge < -0.3 is 5.11 Å². The van der Waals surface area contributed by atoms with Crippen LogP contribution in [0.25, 0.3) is 0 Å². The highest BCUT2D eigenvalue weighted by Crippen LogP contribution is 2.13. The van der Waals surface area contributed by atoms with Crippen molar-refractivity contribution in [1.82, 2.24) is 14.8 Å². The predicted molar refractivity (Wildman–Crippen MR) is 62.2 cm³/mol. The average molecular weight is 255 g/mol. The van der Waals surface area contributed by atoms with Crippen LogP contribution in [0.4, 0.5) is 0 Å². The minimum absolute atomic E-state index is 0.157. The molecule has 0 aromatic carbocycles. The number of carbonyl (C=O) groups is 1. The lowest BCUT2D eigenvalue weighted by atomic mass is 10.3. The van der Waals surface area contributed by atoms with E-state index in [1.807, 2.05) is 17.5 Å². The van der Waals surface area contributed by atoms with E-state index in [1.54, 1.807) is 11.3 Å². The van der Waals surface area contributed by atoms with Gasteiger partial charge in [0.05, 0.1) is 0 Å². The van der Waals surface area contributed by atoms with E-state index in [1.165, 1.54) is 4.57 Å². The van der Waals surface area contributed by atoms with Crippen molar-refractivity contribution < 1.29 is 9.90 Å². The second-order valence-corrected chi connectivity index (χ2v) is 4.60. The molecular formula is C9H9N3O2S2. The van der Waals surface area contributed by atoms with E-state index in [4.69, 9.17) is 17.3 Å². The molecule has 0 aliphatic rings. The van der Waals surface area contributed by atoms with Crippen LogP contribution in [0.5, 0.6) is 0 Å². The zero-order chi connectivity index (χ0) is 11.5. The maximum absolute atomic E-state index is 10.7. The van der Waals surface area contributed by atoms with Gasteiger partial charge in [-0.15, -0.1) is 11.3 Å². The molecule has 0 aliphatic heterocycles. The Morgan fingerprint density at radius 3 is 3.12 bits per heavy atom. The largest absolute Gasteiger partial charge is 0.480 e. The van der Waals surface area contributed by atoms with Crippen molar-refractivity contribution in [1.29, 1.82) is 0 Å². The molecule has 0 amide bonds. The number of nitrogens with one attached hydrogen (secondary N) is 1. The monoisotopic (exact) mass is 255 g/mol. The Hall–Kier alpha value is -1.47. The Balaban J connectivity index is 2.27. The summed E-state index contributed by atoms with van der Waals surface area (Å²) < 4.78 is 1.84. The Bertz CT molecular complexity index is 541. The van der Waals surface area contributed by atoms with E-state index in [0.717, 1.165) is 4.88 Å². The molecule has 0 fully saturated rings. The molecule has 5 nitrogen and oxygen atoms in total. The van der Waals surface area contributed by atoms with Crippen LogP contribution in [0.2, 0.25) is 0 Å². The van der Waals surface area contributed by atoms with Gasteiger partial charge in [0.1, 0.15) is 12.4 Å². The van der Waals surface area contributed by atoms with E-state index in [9.17, 15) is 4.79 Å². The van der Waals surface area contributed by atoms with Crippen LogP contribution in [0.3, 0.4) is 0 Å². The third-order valence-corrected chi connectivity index (χ3v) is 3.23. The number of aromatic amines is 1. The molecule has 0 aliphatic carbocycles. The van der Waals surface area contributed by atoms with Crippen LogP contribution in [0.15, 0.2) is 17.5 Å². The Labute approximate surface area is 100 Å². The summed E-state index contributed by atoms with van der Waals surface area (Å²) in [6.45, 7) is -0.157. The van der Waals surface area contributed by atoms with Crippen LogP contribution in [0.1, 0.15) is 10.7 Å². The lowest BCUT2D eigenvalue weighted by Gasteiger charge is -2.01. The zero-order valence-corrected chi connectivity index (χ0v) is 9.85. The number of thiophene rings is 1. The molecule has 0 spiro atoms. The number of carboxylic acids is 1. The first-order valence-corrected chi connectivity index (χ1v) is 5.84. The molecule has 7 heteroatoms. The van der Waals surface area contributed by atoms with Gasteiger partial charge in [-0.25, -0.2) is 0 Å². The minimum Gasteiger partial charge on any atom is -0.480 e. The SMILES string of the molecule is O=C(O)Cn1c(Cc2cccs2)n[nH]c1=S. The first-order valence-electron chi connectivity index (χ1n) is 4.55. The van der Waals surface area contributed by atoms with Crippen LogP contribution >= 0.6 is 23.6 Å². The van der Waals surface area contributed by atoms with Gasteiger partial charge in [-0.3, -0.25) is 14.5 Å². The summed E-state index contributed by atoms with van der Waals surface area (Å²) >= 11 is 6.58. The molecule has 2 N–H and O–H groups in total. The summed E-state index contributed by atoms with van der Waals surface area (Å²) in [7, 11) is 0. The molecule has 0 unspecified atom stereocenters. The first kappa shape index (κ1) is 11.0. The minimum atomic E-state index is -0.926. The first-order chi connectivity index (χ1) is 7.66. The molecule has 2 aromatic heterocycles. The van der Waals surface area contributed by atoms with Gasteiger partial charge >= 0.3 is 5.97 Å². The molecule has 0 bridgehead atoms. The molecule has 0 radical (unpaired) electrons. The molecule has 2 heterocycles. The quantitative estimate of drug-likeness (QED) is 0.815. The summed E-state index contributed by atoms with van der Waals surface area (Å²) in [4.78, 5) is 11.8. The van der Waals surface area contributed by atoms with Gasteiger partial charge in [0.15, 0.2) is 4.77 Å². The Kier molecular flexibility index (Phi) is 3.16. The van der Waals surface area contributed by atoms with E-state index >= 15 is 0 Å². The van der Waals surface area contributed by atoms with Crippen LogP contribution < -0.4 is 0 Å². The topological polar surface area (TPSA) is 70.9 Å². The van der Waals surface area contributed by atoms with Crippen molar-refractivity contribution in [2.24, 2.45) is 0 Å². The molecule has 0 saturated carbocycles. The van der Waals surface area contributed by atoms with E-state index < -0.39 is 5.97 Å². The summed E-state index contributed by atoms with van der Waals surface area (Å²) in [5.74, 6) is -0.278. The second-order valence-electron chi connectivity index (χ2n) is 3.18. The maximum Gasteiger partial charge on any atom is 0.323 e. The maximum atomic E-state index is 10.7. The molecule has 0 saturated heterocycles. The molecule has 2 rings (SSSR count). The normalized spacial score (nSPS) is 10.5. The van der Waals surface area contributed by atoms with Crippen LogP contribution in [-0.4, -0.2) is 25.8 Å². The zero-order valence-electron chi connectivity index (χ0n) is 8.21. The molecule has 2 aromatic rings. The van der Waals surface area contributed by atoms with Crippen molar-refractivity contribution in [3.8, 4) is 0 Å². The van der Waals surface area contributed by atoms with E-state index in [2.05, 4.69) is 10.2 Å². The number of hydrogen-bond donors (Lipinski definition) is 2. The van der Waals surface area contributed by atoms with Crippen LogP contribution in [0, 0.1) is 4.77 Å². The second kappa shape index (κ2) is 4.58. The van der Waals surface area contributed by atoms with Gasteiger partial charge in [0.2, 0.25) is 0 Å². The molecule has 0 atom stereocenters. The van der Waals surface area contributed by atoms with Crippen molar-refractivity contribution >= 4 is 29.5 Å². The Morgan fingerprint density at radius 1 is 1.69 bits per heavy atom. The highest BCUT2D eigenvalue weighted by Gasteiger charge is 2.10. The highest BCUT2D eigenvalue weighted by molar-refractivity contribution is 7.71.